The quantitative estimate of drug-likeness (QED) is 0.107. The molecule has 12 heteroatoms. The van der Waals surface area contributed by atoms with E-state index in [2.05, 4.69) is 28.6 Å². The molecule has 8 N–H and O–H groups in total. The summed E-state index contributed by atoms with van der Waals surface area (Å²) in [7, 11) is 0. The number of carbonyl (C=O) groups is 4. The van der Waals surface area contributed by atoms with E-state index in [1.807, 2.05) is 20.1 Å². The number of thioether (sulfide) groups is 1. The molecule has 4 atom stereocenters. The number of amides is 3. The monoisotopic (exact) mass is 493 g/mol. The molecular formula is C20H39N5O5S2. The Morgan fingerprint density at radius 2 is 1.50 bits per heavy atom. The minimum Gasteiger partial charge on any atom is -0.480 e. The number of carbonyl (C=O) groups excluding carboxylic acids is 3. The molecule has 10 nitrogen and oxygen atoms in total. The molecule has 0 fully saturated rings. The summed E-state index contributed by atoms with van der Waals surface area (Å²) in [4.78, 5) is 49.2. The van der Waals surface area contributed by atoms with Crippen LogP contribution in [0.1, 0.15) is 46.0 Å². The highest BCUT2D eigenvalue weighted by Gasteiger charge is 2.29. The molecule has 186 valence electrons. The smallest absolute Gasteiger partial charge is 0.326 e. The SMILES string of the molecule is CSCCC(NC(=O)C(CS)NC(=O)C(N)CCCCN)C(=O)NC(CC(C)C)C(=O)O. The second kappa shape index (κ2) is 17.0. The summed E-state index contributed by atoms with van der Waals surface area (Å²) < 4.78 is 0. The third-order valence-corrected chi connectivity index (χ3v) is 5.70. The average molecular weight is 494 g/mol. The number of carboxylic acid groups (broad SMARTS) is 1. The molecule has 0 spiro atoms. The van der Waals surface area contributed by atoms with Gasteiger partial charge < -0.3 is 32.5 Å². The Bertz CT molecular complexity index is 609. The summed E-state index contributed by atoms with van der Waals surface area (Å²) in [6.07, 6.45) is 4.31. The van der Waals surface area contributed by atoms with Crippen molar-refractivity contribution in [2.45, 2.75) is 70.1 Å². The molecule has 0 aromatic heterocycles. The van der Waals surface area contributed by atoms with E-state index in [1.54, 1.807) is 0 Å². The highest BCUT2D eigenvalue weighted by molar-refractivity contribution is 7.98. The van der Waals surface area contributed by atoms with Crippen LogP contribution in [-0.2, 0) is 19.2 Å². The standard InChI is InChI=1S/C20H39N5O5S2/c1-12(2)10-15(20(29)30)24-18(27)14(7-9-32-3)23-19(28)16(11-31)25-17(26)13(22)6-4-5-8-21/h12-16,31H,4-11,21-22H2,1-3H3,(H,23,28)(H,24,27)(H,25,26)(H,29,30). The van der Waals surface area contributed by atoms with Gasteiger partial charge in [-0.05, 0) is 50.2 Å². The normalized spacial score (nSPS) is 14.8. The Balaban J connectivity index is 5.12. The van der Waals surface area contributed by atoms with E-state index in [4.69, 9.17) is 11.5 Å². The Labute approximate surface area is 200 Å². The Morgan fingerprint density at radius 1 is 0.938 bits per heavy atom. The largest absolute Gasteiger partial charge is 0.480 e. The van der Waals surface area contributed by atoms with Crippen LogP contribution in [0.15, 0.2) is 0 Å². The van der Waals surface area contributed by atoms with Gasteiger partial charge in [-0.3, -0.25) is 14.4 Å². The first-order valence-corrected chi connectivity index (χ1v) is 12.8. The molecule has 0 heterocycles. The van der Waals surface area contributed by atoms with E-state index in [0.717, 1.165) is 6.42 Å². The van der Waals surface area contributed by atoms with Crippen molar-refractivity contribution in [2.24, 2.45) is 17.4 Å². The zero-order valence-electron chi connectivity index (χ0n) is 19.1. The molecule has 4 unspecified atom stereocenters. The van der Waals surface area contributed by atoms with Crippen LogP contribution < -0.4 is 27.4 Å². The lowest BCUT2D eigenvalue weighted by atomic mass is 10.0. The van der Waals surface area contributed by atoms with Gasteiger partial charge in [-0.25, -0.2) is 4.79 Å². The van der Waals surface area contributed by atoms with Crippen LogP contribution in [0.2, 0.25) is 0 Å². The van der Waals surface area contributed by atoms with E-state index in [-0.39, 0.29) is 18.1 Å². The predicted molar refractivity (Wildman–Crippen MR) is 131 cm³/mol. The summed E-state index contributed by atoms with van der Waals surface area (Å²) in [5, 5.41) is 17.1. The van der Waals surface area contributed by atoms with Crippen LogP contribution in [-0.4, -0.2) is 77.3 Å². The van der Waals surface area contributed by atoms with Crippen LogP contribution in [0.4, 0.5) is 0 Å². The number of aliphatic carboxylic acids is 1. The first-order chi connectivity index (χ1) is 15.1. The van der Waals surface area contributed by atoms with Gasteiger partial charge in [-0.2, -0.15) is 24.4 Å². The number of thiol groups is 1. The van der Waals surface area contributed by atoms with Gasteiger partial charge in [-0.1, -0.05) is 20.3 Å². The summed E-state index contributed by atoms with van der Waals surface area (Å²) in [5.74, 6) is -2.13. The Morgan fingerprint density at radius 3 is 2.00 bits per heavy atom. The molecule has 0 radical (unpaired) electrons. The van der Waals surface area contributed by atoms with Crippen LogP contribution in [0.3, 0.4) is 0 Å². The van der Waals surface area contributed by atoms with Crippen LogP contribution >= 0.6 is 24.4 Å². The number of hydrogen-bond acceptors (Lipinski definition) is 8. The van der Waals surface area contributed by atoms with Crippen LogP contribution in [0, 0.1) is 5.92 Å². The van der Waals surface area contributed by atoms with Crippen LogP contribution in [0.5, 0.6) is 0 Å². The summed E-state index contributed by atoms with van der Waals surface area (Å²) in [6.45, 7) is 4.22. The van der Waals surface area contributed by atoms with Gasteiger partial charge >= 0.3 is 5.97 Å². The maximum absolute atomic E-state index is 12.7. The predicted octanol–water partition coefficient (Wildman–Crippen LogP) is -0.289. The number of nitrogens with one attached hydrogen (secondary N) is 3. The molecule has 32 heavy (non-hydrogen) atoms. The van der Waals surface area contributed by atoms with Gasteiger partial charge in [0.2, 0.25) is 17.7 Å². The fourth-order valence-electron chi connectivity index (χ4n) is 2.85. The lowest BCUT2D eigenvalue weighted by molar-refractivity contribution is -0.142. The molecule has 0 saturated heterocycles. The molecule has 0 aliphatic carbocycles. The van der Waals surface area contributed by atoms with E-state index < -0.39 is 47.9 Å². The average Bonchev–Trinajstić information content (AvgIpc) is 2.73. The lowest BCUT2D eigenvalue weighted by Gasteiger charge is -2.25. The lowest BCUT2D eigenvalue weighted by Crippen LogP contribution is -2.57. The Hall–Kier alpha value is -1.50. The van der Waals surface area contributed by atoms with E-state index >= 15 is 0 Å². The van der Waals surface area contributed by atoms with Gasteiger partial charge in [0.1, 0.15) is 18.1 Å². The van der Waals surface area contributed by atoms with E-state index in [1.165, 1.54) is 11.8 Å². The Kier molecular flexibility index (Phi) is 16.2. The molecule has 3 amide bonds. The molecule has 0 bridgehead atoms. The van der Waals surface area contributed by atoms with Gasteiger partial charge in [0.15, 0.2) is 0 Å². The van der Waals surface area contributed by atoms with Crippen molar-refractivity contribution in [2.75, 3.05) is 24.3 Å². The highest BCUT2D eigenvalue weighted by Crippen LogP contribution is 2.08. The highest BCUT2D eigenvalue weighted by atomic mass is 32.2. The van der Waals surface area contributed by atoms with Crippen molar-refractivity contribution in [3.05, 3.63) is 0 Å². The van der Waals surface area contributed by atoms with Crippen LogP contribution in [0.25, 0.3) is 0 Å². The third kappa shape index (κ3) is 12.5. The first kappa shape index (κ1) is 30.5. The molecule has 0 rings (SSSR count). The number of carboxylic acids is 1. The second-order valence-electron chi connectivity index (χ2n) is 8.01. The van der Waals surface area contributed by atoms with E-state index in [0.29, 0.717) is 31.6 Å². The molecule has 0 aromatic rings. The molecular weight excluding hydrogens is 454 g/mol. The fraction of sp³-hybridized carbons (Fsp3) is 0.800. The van der Waals surface area contributed by atoms with Gasteiger partial charge in [0, 0.05) is 5.75 Å². The number of unbranched alkanes of at least 4 members (excludes halogenated alkanes) is 1. The zero-order valence-corrected chi connectivity index (χ0v) is 20.8. The second-order valence-corrected chi connectivity index (χ2v) is 9.36. The van der Waals surface area contributed by atoms with Crippen molar-refractivity contribution in [1.29, 1.82) is 0 Å². The first-order valence-electron chi connectivity index (χ1n) is 10.8. The van der Waals surface area contributed by atoms with Crippen molar-refractivity contribution >= 4 is 48.1 Å². The number of rotatable bonds is 17. The van der Waals surface area contributed by atoms with Gasteiger partial charge in [0.25, 0.3) is 0 Å². The topological polar surface area (TPSA) is 177 Å². The van der Waals surface area contributed by atoms with Crippen molar-refractivity contribution < 1.29 is 24.3 Å². The third-order valence-electron chi connectivity index (χ3n) is 4.69. The molecule has 0 aliphatic rings. The summed E-state index contributed by atoms with van der Waals surface area (Å²) in [5.41, 5.74) is 11.3. The minimum absolute atomic E-state index is 0.00899. The summed E-state index contributed by atoms with van der Waals surface area (Å²) in [6, 6.07) is -3.76. The number of hydrogen-bond donors (Lipinski definition) is 7. The van der Waals surface area contributed by atoms with E-state index in [9.17, 15) is 24.3 Å². The molecule has 0 aromatic carbocycles. The van der Waals surface area contributed by atoms with Gasteiger partial charge in [0.05, 0.1) is 6.04 Å². The minimum atomic E-state index is -1.13. The fourth-order valence-corrected chi connectivity index (χ4v) is 3.58. The van der Waals surface area contributed by atoms with Crippen molar-refractivity contribution in [1.82, 2.24) is 16.0 Å². The summed E-state index contributed by atoms with van der Waals surface area (Å²) >= 11 is 5.62. The maximum atomic E-state index is 12.7. The molecule has 0 saturated carbocycles. The number of nitrogens with two attached hydrogens (primary N) is 2. The zero-order chi connectivity index (χ0) is 24.7. The molecule has 0 aliphatic heterocycles. The van der Waals surface area contributed by atoms with Crippen molar-refractivity contribution in [3.8, 4) is 0 Å². The maximum Gasteiger partial charge on any atom is 0.326 e. The van der Waals surface area contributed by atoms with Crippen molar-refractivity contribution in [3.63, 3.8) is 0 Å². The van der Waals surface area contributed by atoms with Gasteiger partial charge in [-0.15, -0.1) is 0 Å².